The summed E-state index contributed by atoms with van der Waals surface area (Å²) < 4.78 is 13.5. The van der Waals surface area contributed by atoms with Crippen LogP contribution in [0.2, 0.25) is 0 Å². The molecule has 1 unspecified atom stereocenters. The van der Waals surface area contributed by atoms with Crippen LogP contribution in [0, 0.1) is 5.82 Å². The van der Waals surface area contributed by atoms with E-state index < -0.39 is 0 Å². The van der Waals surface area contributed by atoms with E-state index in [4.69, 9.17) is 0 Å². The Hall–Kier alpha value is -1.39. The Morgan fingerprint density at radius 3 is 2.68 bits per heavy atom. The molecule has 1 heterocycles. The van der Waals surface area contributed by atoms with E-state index in [9.17, 15) is 4.39 Å². The second-order valence-corrected chi connectivity index (χ2v) is 5.30. The summed E-state index contributed by atoms with van der Waals surface area (Å²) in [4.78, 5) is 4.97. The van der Waals surface area contributed by atoms with Crippen LogP contribution < -0.4 is 5.32 Å². The van der Waals surface area contributed by atoms with Gasteiger partial charge in [0, 0.05) is 17.1 Å². The Morgan fingerprint density at radius 2 is 2.05 bits per heavy atom. The van der Waals surface area contributed by atoms with Gasteiger partial charge in [-0.15, -0.1) is 0 Å². The van der Waals surface area contributed by atoms with Gasteiger partial charge in [-0.05, 0) is 37.2 Å². The second kappa shape index (κ2) is 6.68. The first-order chi connectivity index (χ1) is 9.20. The van der Waals surface area contributed by atoms with Gasteiger partial charge in [0.15, 0.2) is 0 Å². The van der Waals surface area contributed by atoms with Gasteiger partial charge in [-0.3, -0.25) is 0 Å². The Morgan fingerprint density at radius 1 is 1.26 bits per heavy atom. The minimum atomic E-state index is -0.209. The smallest absolute Gasteiger partial charge is 0.137 e. The quantitative estimate of drug-likeness (QED) is 0.892. The lowest BCUT2D eigenvalue weighted by atomic mass is 10.1. The largest absolute Gasteiger partial charge is 0.310 e. The molecule has 2 rings (SSSR count). The number of benzene rings is 1. The third-order valence-electron chi connectivity index (χ3n) is 2.82. The first-order valence-electron chi connectivity index (χ1n) is 6.32. The van der Waals surface area contributed by atoms with Crippen molar-refractivity contribution in [3.05, 3.63) is 54.0 Å². The Kier molecular flexibility index (Phi) is 4.93. The molecule has 2 aromatic rings. The van der Waals surface area contributed by atoms with Crippen molar-refractivity contribution in [2.24, 2.45) is 0 Å². The molecule has 0 radical (unpaired) electrons. The van der Waals surface area contributed by atoms with Crippen molar-refractivity contribution < 1.29 is 4.39 Å². The van der Waals surface area contributed by atoms with E-state index >= 15 is 0 Å². The van der Waals surface area contributed by atoms with Gasteiger partial charge in [-0.2, -0.15) is 0 Å². The first kappa shape index (κ1) is 14.0. The molecule has 0 fully saturated rings. The van der Waals surface area contributed by atoms with Gasteiger partial charge in [0.2, 0.25) is 0 Å². The van der Waals surface area contributed by atoms with Crippen molar-refractivity contribution in [3.8, 4) is 0 Å². The average molecular weight is 276 g/mol. The van der Waals surface area contributed by atoms with E-state index in [2.05, 4.69) is 24.1 Å². The maximum atomic E-state index is 13.5. The average Bonchev–Trinajstić information content (AvgIpc) is 2.42. The SMILES string of the molecule is CCNC(C)c1ccc(Sc2ccccc2F)nc1. The first-order valence-corrected chi connectivity index (χ1v) is 7.14. The third kappa shape index (κ3) is 3.78. The van der Waals surface area contributed by atoms with Crippen molar-refractivity contribution in [1.29, 1.82) is 0 Å². The number of nitrogens with one attached hydrogen (secondary N) is 1. The van der Waals surface area contributed by atoms with Crippen molar-refractivity contribution >= 4 is 11.8 Å². The van der Waals surface area contributed by atoms with Crippen LogP contribution >= 0.6 is 11.8 Å². The summed E-state index contributed by atoms with van der Waals surface area (Å²) in [6.45, 7) is 5.10. The van der Waals surface area contributed by atoms with Crippen LogP contribution in [0.15, 0.2) is 52.5 Å². The monoisotopic (exact) mass is 276 g/mol. The highest BCUT2D eigenvalue weighted by Gasteiger charge is 2.07. The molecule has 0 saturated carbocycles. The lowest BCUT2D eigenvalue weighted by Crippen LogP contribution is -2.17. The van der Waals surface area contributed by atoms with Gasteiger partial charge < -0.3 is 5.32 Å². The molecule has 2 nitrogen and oxygen atoms in total. The number of pyridine rings is 1. The lowest BCUT2D eigenvalue weighted by molar-refractivity contribution is 0.595. The number of halogens is 1. The van der Waals surface area contributed by atoms with Crippen LogP contribution in [-0.2, 0) is 0 Å². The highest BCUT2D eigenvalue weighted by Crippen LogP contribution is 2.28. The van der Waals surface area contributed by atoms with E-state index in [0.717, 1.165) is 17.1 Å². The van der Waals surface area contributed by atoms with Crippen molar-refractivity contribution in [1.82, 2.24) is 10.3 Å². The van der Waals surface area contributed by atoms with E-state index in [1.54, 1.807) is 12.1 Å². The fourth-order valence-electron chi connectivity index (χ4n) is 1.77. The van der Waals surface area contributed by atoms with Gasteiger partial charge in [-0.25, -0.2) is 9.37 Å². The Labute approximate surface area is 117 Å². The summed E-state index contributed by atoms with van der Waals surface area (Å²) in [5, 5.41) is 4.14. The molecule has 0 saturated heterocycles. The molecular formula is C15H17FN2S. The standard InChI is InChI=1S/C15H17FN2S/c1-3-17-11(2)12-8-9-15(18-10-12)19-14-7-5-4-6-13(14)16/h4-11,17H,3H2,1-2H3. The molecule has 0 aliphatic carbocycles. The highest BCUT2D eigenvalue weighted by atomic mass is 32.2. The second-order valence-electron chi connectivity index (χ2n) is 4.24. The summed E-state index contributed by atoms with van der Waals surface area (Å²) in [6.07, 6.45) is 1.84. The predicted octanol–water partition coefficient (Wildman–Crippen LogP) is 4.04. The van der Waals surface area contributed by atoms with Crippen molar-refractivity contribution in [2.45, 2.75) is 29.8 Å². The molecule has 1 N–H and O–H groups in total. The third-order valence-corrected chi connectivity index (χ3v) is 3.82. The van der Waals surface area contributed by atoms with E-state index in [0.29, 0.717) is 4.90 Å². The Balaban J connectivity index is 2.09. The number of aromatic nitrogens is 1. The molecule has 0 aliphatic rings. The number of hydrogen-bond donors (Lipinski definition) is 1. The summed E-state index contributed by atoms with van der Waals surface area (Å²) in [7, 11) is 0. The molecule has 1 atom stereocenters. The minimum Gasteiger partial charge on any atom is -0.310 e. The fourth-order valence-corrected chi connectivity index (χ4v) is 2.55. The molecule has 4 heteroatoms. The maximum absolute atomic E-state index is 13.5. The molecule has 0 bridgehead atoms. The normalized spacial score (nSPS) is 12.4. The van der Waals surface area contributed by atoms with Crippen LogP contribution in [-0.4, -0.2) is 11.5 Å². The minimum absolute atomic E-state index is 0.209. The molecular weight excluding hydrogens is 259 g/mol. The molecule has 100 valence electrons. The molecule has 0 aliphatic heterocycles. The topological polar surface area (TPSA) is 24.9 Å². The van der Waals surface area contributed by atoms with E-state index in [-0.39, 0.29) is 11.9 Å². The maximum Gasteiger partial charge on any atom is 0.137 e. The lowest BCUT2D eigenvalue weighted by Gasteiger charge is -2.12. The van der Waals surface area contributed by atoms with Gasteiger partial charge in [0.05, 0.1) is 0 Å². The highest BCUT2D eigenvalue weighted by molar-refractivity contribution is 7.99. The zero-order valence-electron chi connectivity index (χ0n) is 11.1. The van der Waals surface area contributed by atoms with Crippen molar-refractivity contribution in [2.75, 3.05) is 6.54 Å². The number of rotatable bonds is 5. The number of nitrogens with zero attached hydrogens (tertiary/aromatic N) is 1. The van der Waals surface area contributed by atoms with Crippen LogP contribution in [0.5, 0.6) is 0 Å². The fraction of sp³-hybridized carbons (Fsp3) is 0.267. The molecule has 0 spiro atoms. The van der Waals surface area contributed by atoms with Gasteiger partial charge >= 0.3 is 0 Å². The summed E-state index contributed by atoms with van der Waals surface area (Å²) >= 11 is 1.34. The molecule has 1 aromatic heterocycles. The van der Waals surface area contributed by atoms with E-state index in [1.165, 1.54) is 17.8 Å². The molecule has 19 heavy (non-hydrogen) atoms. The zero-order chi connectivity index (χ0) is 13.7. The van der Waals surface area contributed by atoms with Crippen molar-refractivity contribution in [3.63, 3.8) is 0 Å². The van der Waals surface area contributed by atoms with Gasteiger partial charge in [-0.1, -0.05) is 36.9 Å². The summed E-state index contributed by atoms with van der Waals surface area (Å²) in [5.74, 6) is -0.209. The summed E-state index contributed by atoms with van der Waals surface area (Å²) in [6, 6.07) is 11.0. The predicted molar refractivity (Wildman–Crippen MR) is 76.9 cm³/mol. The Bertz CT molecular complexity index is 528. The van der Waals surface area contributed by atoms with E-state index in [1.807, 2.05) is 24.4 Å². The van der Waals surface area contributed by atoms with Crippen LogP contribution in [0.4, 0.5) is 4.39 Å². The molecule has 1 aromatic carbocycles. The van der Waals surface area contributed by atoms with Crippen LogP contribution in [0.3, 0.4) is 0 Å². The van der Waals surface area contributed by atoms with Gasteiger partial charge in [0.25, 0.3) is 0 Å². The zero-order valence-corrected chi connectivity index (χ0v) is 11.9. The number of hydrogen-bond acceptors (Lipinski definition) is 3. The van der Waals surface area contributed by atoms with Crippen LogP contribution in [0.25, 0.3) is 0 Å². The molecule has 0 amide bonds. The summed E-state index contributed by atoms with van der Waals surface area (Å²) in [5.41, 5.74) is 1.14. The van der Waals surface area contributed by atoms with Gasteiger partial charge in [0.1, 0.15) is 10.8 Å². The van der Waals surface area contributed by atoms with Crippen LogP contribution in [0.1, 0.15) is 25.5 Å².